The number of carbonyl (C=O) groups excluding carboxylic acids is 1. The molecular weight excluding hydrogens is 417 g/mol. The Balaban J connectivity index is 1.62. The van der Waals surface area contributed by atoms with Crippen molar-refractivity contribution in [2.45, 2.75) is 76.9 Å². The number of nitrogens with zero attached hydrogens (tertiary/aromatic N) is 1. The predicted octanol–water partition coefficient (Wildman–Crippen LogP) is 6.70. The highest BCUT2D eigenvalue weighted by Crippen LogP contribution is 2.41. The normalized spacial score (nSPS) is 15.8. The molecule has 7 heteroatoms. The van der Waals surface area contributed by atoms with E-state index in [1.807, 2.05) is 0 Å². The first-order valence-corrected chi connectivity index (χ1v) is 11.7. The molecule has 1 aliphatic rings. The number of halogens is 3. The first-order chi connectivity index (χ1) is 15.4. The second-order valence-corrected chi connectivity index (χ2v) is 8.48. The molecule has 1 fully saturated rings. The Kier molecular flexibility index (Phi) is 8.79. The molecule has 0 saturated carbocycles. The third kappa shape index (κ3) is 6.61. The van der Waals surface area contributed by atoms with E-state index in [-0.39, 0.29) is 18.5 Å². The summed E-state index contributed by atoms with van der Waals surface area (Å²) in [5.74, 6) is 0.270. The van der Waals surface area contributed by atoms with Gasteiger partial charge in [-0.25, -0.2) is 5.01 Å². The van der Waals surface area contributed by atoms with Gasteiger partial charge in [-0.05, 0) is 34.9 Å². The standard InChI is InChI=1S/C25H33F3N2O2/c1-2-3-4-5-6-7-8-9-17-32-20-13-14-21-19(18-20)11-10-12-22(21)24(25(26,27)28)30-16-15-23(31)29-30/h10-14,18,24H,2-9,15-17H2,1H3,(H,29,31). The van der Waals surface area contributed by atoms with Crippen LogP contribution in [0.25, 0.3) is 10.8 Å². The zero-order chi connectivity index (χ0) is 23.0. The van der Waals surface area contributed by atoms with E-state index < -0.39 is 18.1 Å². The summed E-state index contributed by atoms with van der Waals surface area (Å²) < 4.78 is 47.6. The summed E-state index contributed by atoms with van der Waals surface area (Å²) in [5.41, 5.74) is 2.47. The molecule has 0 aromatic heterocycles. The van der Waals surface area contributed by atoms with Crippen molar-refractivity contribution in [1.82, 2.24) is 10.4 Å². The van der Waals surface area contributed by atoms with Crippen LogP contribution in [0.4, 0.5) is 13.2 Å². The van der Waals surface area contributed by atoms with Crippen molar-refractivity contribution in [3.8, 4) is 5.75 Å². The molecule has 1 heterocycles. The van der Waals surface area contributed by atoms with Crippen LogP contribution in [-0.4, -0.2) is 30.2 Å². The van der Waals surface area contributed by atoms with Gasteiger partial charge >= 0.3 is 6.18 Å². The number of ether oxygens (including phenoxy) is 1. The highest BCUT2D eigenvalue weighted by atomic mass is 19.4. The zero-order valence-corrected chi connectivity index (χ0v) is 18.7. The minimum absolute atomic E-state index is 0.0270. The number of nitrogens with one attached hydrogen (secondary N) is 1. The Bertz CT molecular complexity index is 885. The molecule has 176 valence electrons. The number of hydrogen-bond acceptors (Lipinski definition) is 3. The van der Waals surface area contributed by atoms with Crippen molar-refractivity contribution in [3.05, 3.63) is 42.0 Å². The number of benzene rings is 2. The van der Waals surface area contributed by atoms with E-state index in [0.717, 1.165) is 17.9 Å². The van der Waals surface area contributed by atoms with Crippen LogP contribution in [0.2, 0.25) is 0 Å². The van der Waals surface area contributed by atoms with Crippen molar-refractivity contribution in [3.63, 3.8) is 0 Å². The van der Waals surface area contributed by atoms with Crippen LogP contribution in [0.3, 0.4) is 0 Å². The molecule has 3 rings (SSSR count). The third-order valence-electron chi connectivity index (χ3n) is 5.92. The number of unbranched alkanes of at least 4 members (excludes halogenated alkanes) is 7. The quantitative estimate of drug-likeness (QED) is 0.366. The number of fused-ring (bicyclic) bond motifs is 1. The Morgan fingerprint density at radius 2 is 1.75 bits per heavy atom. The van der Waals surface area contributed by atoms with Crippen LogP contribution in [0.1, 0.15) is 76.3 Å². The zero-order valence-electron chi connectivity index (χ0n) is 18.7. The fraction of sp³-hybridized carbons (Fsp3) is 0.560. The molecule has 0 spiro atoms. The van der Waals surface area contributed by atoms with Gasteiger partial charge in [0.2, 0.25) is 5.91 Å². The summed E-state index contributed by atoms with van der Waals surface area (Å²) in [4.78, 5) is 11.5. The maximum absolute atomic E-state index is 13.9. The van der Waals surface area contributed by atoms with E-state index in [4.69, 9.17) is 4.74 Å². The number of rotatable bonds is 12. The first kappa shape index (κ1) is 24.4. The van der Waals surface area contributed by atoms with Gasteiger partial charge in [-0.3, -0.25) is 10.2 Å². The summed E-state index contributed by atoms with van der Waals surface area (Å²) in [6, 6.07) is 8.21. The minimum atomic E-state index is -4.52. The van der Waals surface area contributed by atoms with Crippen molar-refractivity contribution in [1.29, 1.82) is 0 Å². The van der Waals surface area contributed by atoms with E-state index in [9.17, 15) is 18.0 Å². The lowest BCUT2D eigenvalue weighted by Crippen LogP contribution is -2.43. The lowest BCUT2D eigenvalue weighted by Gasteiger charge is -2.30. The highest BCUT2D eigenvalue weighted by Gasteiger charge is 2.47. The van der Waals surface area contributed by atoms with Crippen molar-refractivity contribution >= 4 is 16.7 Å². The number of carbonyl (C=O) groups is 1. The molecule has 1 aliphatic heterocycles. The smallest absolute Gasteiger partial charge is 0.409 e. The average Bonchev–Trinajstić information content (AvgIpc) is 3.17. The largest absolute Gasteiger partial charge is 0.494 e. The van der Waals surface area contributed by atoms with Gasteiger partial charge in [-0.2, -0.15) is 13.2 Å². The first-order valence-electron chi connectivity index (χ1n) is 11.7. The molecule has 0 bridgehead atoms. The van der Waals surface area contributed by atoms with Gasteiger partial charge in [-0.15, -0.1) is 0 Å². The van der Waals surface area contributed by atoms with Crippen LogP contribution in [0.15, 0.2) is 36.4 Å². The number of alkyl halides is 3. The maximum atomic E-state index is 13.9. The topological polar surface area (TPSA) is 41.6 Å². The molecule has 1 atom stereocenters. The molecule has 1 unspecified atom stereocenters. The van der Waals surface area contributed by atoms with Gasteiger partial charge < -0.3 is 4.74 Å². The molecule has 2 aromatic carbocycles. The summed E-state index contributed by atoms with van der Waals surface area (Å²) in [7, 11) is 0. The van der Waals surface area contributed by atoms with Crippen molar-refractivity contribution < 1.29 is 22.7 Å². The van der Waals surface area contributed by atoms with Crippen LogP contribution in [0, 0.1) is 0 Å². The van der Waals surface area contributed by atoms with Gasteiger partial charge in [-0.1, -0.05) is 76.1 Å². The van der Waals surface area contributed by atoms with E-state index in [0.29, 0.717) is 23.1 Å². The Morgan fingerprint density at radius 1 is 1.03 bits per heavy atom. The maximum Gasteiger partial charge on any atom is 0.409 e. The summed E-state index contributed by atoms with van der Waals surface area (Å²) in [6.07, 6.45) is 5.28. The van der Waals surface area contributed by atoms with Gasteiger partial charge in [0.05, 0.1) is 6.61 Å². The fourth-order valence-electron chi connectivity index (χ4n) is 4.25. The molecule has 1 saturated heterocycles. The number of hydrogen-bond donors (Lipinski definition) is 1. The van der Waals surface area contributed by atoms with Crippen LogP contribution < -0.4 is 10.2 Å². The van der Waals surface area contributed by atoms with Gasteiger partial charge in [0.15, 0.2) is 6.04 Å². The van der Waals surface area contributed by atoms with Gasteiger partial charge in [0.1, 0.15) is 5.75 Å². The monoisotopic (exact) mass is 450 g/mol. The lowest BCUT2D eigenvalue weighted by molar-refractivity contribution is -0.190. The van der Waals surface area contributed by atoms with E-state index >= 15 is 0 Å². The molecule has 1 N–H and O–H groups in total. The predicted molar refractivity (Wildman–Crippen MR) is 120 cm³/mol. The average molecular weight is 451 g/mol. The molecule has 32 heavy (non-hydrogen) atoms. The van der Waals surface area contributed by atoms with E-state index in [1.54, 1.807) is 30.3 Å². The molecule has 1 amide bonds. The van der Waals surface area contributed by atoms with Crippen LogP contribution in [-0.2, 0) is 4.79 Å². The summed E-state index contributed by atoms with van der Waals surface area (Å²) >= 11 is 0. The molecule has 2 aromatic rings. The molecule has 0 aliphatic carbocycles. The third-order valence-corrected chi connectivity index (χ3v) is 5.92. The van der Waals surface area contributed by atoms with Crippen molar-refractivity contribution in [2.75, 3.05) is 13.2 Å². The second-order valence-electron chi connectivity index (χ2n) is 8.48. The Morgan fingerprint density at radius 3 is 2.41 bits per heavy atom. The SMILES string of the molecule is CCCCCCCCCCOc1ccc2c(C(N3CCC(=O)N3)C(F)(F)F)cccc2c1. The second kappa shape index (κ2) is 11.5. The summed E-state index contributed by atoms with van der Waals surface area (Å²) in [5, 5.41) is 2.19. The van der Waals surface area contributed by atoms with Crippen molar-refractivity contribution in [2.24, 2.45) is 0 Å². The fourth-order valence-corrected chi connectivity index (χ4v) is 4.25. The number of hydrazine groups is 1. The van der Waals surface area contributed by atoms with E-state index in [1.165, 1.54) is 44.6 Å². The Labute approximate surface area is 188 Å². The van der Waals surface area contributed by atoms with Crippen LogP contribution >= 0.6 is 0 Å². The van der Waals surface area contributed by atoms with Gasteiger partial charge in [0, 0.05) is 13.0 Å². The highest BCUT2D eigenvalue weighted by molar-refractivity contribution is 5.87. The summed E-state index contributed by atoms with van der Waals surface area (Å²) in [6.45, 7) is 2.84. The molecule has 0 radical (unpaired) electrons. The lowest BCUT2D eigenvalue weighted by atomic mass is 9.97. The van der Waals surface area contributed by atoms with E-state index in [2.05, 4.69) is 12.3 Å². The molecular formula is C25H33F3N2O2. The minimum Gasteiger partial charge on any atom is -0.494 e. The van der Waals surface area contributed by atoms with Gasteiger partial charge in [0.25, 0.3) is 0 Å². The Hall–Kier alpha value is -2.28. The molecule has 4 nitrogen and oxygen atoms in total. The van der Waals surface area contributed by atoms with Crippen LogP contribution in [0.5, 0.6) is 5.75 Å². The number of amides is 1.